The minimum absolute atomic E-state index is 0.273. The number of hydrogen-bond donors (Lipinski definition) is 2. The highest BCUT2D eigenvalue weighted by Gasteiger charge is 2.29. The van der Waals surface area contributed by atoms with Crippen molar-refractivity contribution in [2.75, 3.05) is 13.7 Å². The predicted molar refractivity (Wildman–Crippen MR) is 119 cm³/mol. The fourth-order valence-electron chi connectivity index (χ4n) is 3.94. The molecule has 2 heterocycles. The molecule has 4 rings (SSSR count). The molecule has 1 aromatic carbocycles. The maximum absolute atomic E-state index is 13.2. The first-order chi connectivity index (χ1) is 15.5. The highest BCUT2D eigenvalue weighted by atomic mass is 16.5. The third-order valence-corrected chi connectivity index (χ3v) is 5.30. The van der Waals surface area contributed by atoms with Crippen molar-refractivity contribution >= 4 is 40.5 Å². The van der Waals surface area contributed by atoms with Crippen LogP contribution in [-0.2, 0) is 16.0 Å². The summed E-state index contributed by atoms with van der Waals surface area (Å²) < 4.78 is 10.8. The van der Waals surface area contributed by atoms with Crippen LogP contribution < -0.4 is 10.6 Å². The van der Waals surface area contributed by atoms with Gasteiger partial charge in [0.25, 0.3) is 5.91 Å². The maximum Gasteiger partial charge on any atom is 0.339 e. The summed E-state index contributed by atoms with van der Waals surface area (Å²) in [4.78, 5) is 41.2. The Bertz CT molecular complexity index is 1210. The van der Waals surface area contributed by atoms with Crippen molar-refractivity contribution in [2.45, 2.75) is 19.8 Å². The van der Waals surface area contributed by atoms with E-state index in [0.717, 1.165) is 23.3 Å². The average molecular weight is 433 g/mol. The minimum atomic E-state index is -0.711. The molecule has 8 heteroatoms. The predicted octanol–water partition coefficient (Wildman–Crippen LogP) is 3.56. The zero-order valence-electron chi connectivity index (χ0n) is 17.8. The summed E-state index contributed by atoms with van der Waals surface area (Å²) in [6.45, 7) is 1.54. The topological polar surface area (TPSA) is 111 Å². The first kappa shape index (κ1) is 21.3. The normalized spacial score (nSPS) is 16.4. The molecule has 2 N–H and O–H groups in total. The van der Waals surface area contributed by atoms with E-state index in [2.05, 4.69) is 17.6 Å². The number of imide groups is 1. The van der Waals surface area contributed by atoms with Crippen molar-refractivity contribution in [3.8, 4) is 0 Å². The Morgan fingerprint density at radius 3 is 2.75 bits per heavy atom. The fraction of sp³-hybridized carbons (Fsp3) is 0.250. The van der Waals surface area contributed by atoms with Crippen molar-refractivity contribution < 1.29 is 23.5 Å². The summed E-state index contributed by atoms with van der Waals surface area (Å²) >= 11 is 0. The molecule has 32 heavy (non-hydrogen) atoms. The molecular weight excluding hydrogens is 410 g/mol. The van der Waals surface area contributed by atoms with E-state index in [0.29, 0.717) is 28.6 Å². The van der Waals surface area contributed by atoms with Crippen molar-refractivity contribution in [3.05, 3.63) is 65.2 Å². The van der Waals surface area contributed by atoms with E-state index in [1.165, 1.54) is 7.05 Å². The number of esters is 1. The number of furan rings is 1. The van der Waals surface area contributed by atoms with Gasteiger partial charge in [0.2, 0.25) is 0 Å². The van der Waals surface area contributed by atoms with Crippen molar-refractivity contribution in [1.29, 1.82) is 0 Å². The zero-order valence-corrected chi connectivity index (χ0v) is 17.8. The average Bonchev–Trinajstić information content (AvgIpc) is 3.29. The van der Waals surface area contributed by atoms with Gasteiger partial charge >= 0.3 is 12.0 Å². The maximum atomic E-state index is 13.2. The second-order valence-electron chi connectivity index (χ2n) is 7.73. The molecular formula is C24H23N3O5. The lowest BCUT2D eigenvalue weighted by molar-refractivity contribution is -0.123. The lowest BCUT2D eigenvalue weighted by Gasteiger charge is -2.26. The van der Waals surface area contributed by atoms with Gasteiger partial charge in [-0.2, -0.15) is 0 Å². The first-order valence-electron chi connectivity index (χ1n) is 10.3. The van der Waals surface area contributed by atoms with Gasteiger partial charge in [0.05, 0.1) is 23.0 Å². The van der Waals surface area contributed by atoms with Gasteiger partial charge in [-0.25, -0.2) is 14.6 Å². The number of pyridine rings is 1. The number of nitrogens with zero attached hydrogens (tertiary/aromatic N) is 1. The molecule has 0 spiro atoms. The van der Waals surface area contributed by atoms with Gasteiger partial charge in [0, 0.05) is 12.4 Å². The second kappa shape index (κ2) is 9.05. The molecule has 0 saturated carbocycles. The van der Waals surface area contributed by atoms with E-state index in [4.69, 9.17) is 14.1 Å². The number of rotatable bonds is 4. The second-order valence-corrected chi connectivity index (χ2v) is 7.73. The molecule has 1 atom stereocenters. The van der Waals surface area contributed by atoms with Crippen LogP contribution in [0.25, 0.3) is 22.6 Å². The highest BCUT2D eigenvalue weighted by Crippen LogP contribution is 2.38. The van der Waals surface area contributed by atoms with Crippen LogP contribution in [0.1, 0.15) is 40.7 Å². The minimum Gasteiger partial charge on any atom is -0.465 e. The summed E-state index contributed by atoms with van der Waals surface area (Å²) in [5, 5.41) is 5.01. The van der Waals surface area contributed by atoms with Crippen molar-refractivity contribution in [3.63, 3.8) is 0 Å². The Labute approximate surface area is 184 Å². The lowest BCUT2D eigenvalue weighted by Crippen LogP contribution is -2.39. The van der Waals surface area contributed by atoms with Crippen LogP contribution in [0.2, 0.25) is 0 Å². The van der Waals surface area contributed by atoms with E-state index >= 15 is 0 Å². The summed E-state index contributed by atoms with van der Waals surface area (Å²) in [7, 11) is 1.39. The molecule has 164 valence electrons. The SMILES string of the molecule is CNC(=O)NC(=O)COC(=O)c1c2c(nc3ccccc13)/C(=C/c1ccco1)CC(C)C2. The Morgan fingerprint density at radius 2 is 2.00 bits per heavy atom. The van der Waals surface area contributed by atoms with E-state index in [1.54, 1.807) is 6.26 Å². The molecule has 0 saturated heterocycles. The number of para-hydroxylation sites is 1. The van der Waals surface area contributed by atoms with Gasteiger partial charge in [0.15, 0.2) is 6.61 Å². The number of ether oxygens (including phenoxy) is 1. The van der Waals surface area contributed by atoms with Crippen LogP contribution in [-0.4, -0.2) is 36.5 Å². The van der Waals surface area contributed by atoms with Gasteiger partial charge in [-0.3, -0.25) is 10.1 Å². The molecule has 0 bridgehead atoms. The quantitative estimate of drug-likeness (QED) is 0.609. The number of fused-ring (bicyclic) bond motifs is 2. The van der Waals surface area contributed by atoms with Gasteiger partial charge in [-0.15, -0.1) is 0 Å². The smallest absolute Gasteiger partial charge is 0.339 e. The van der Waals surface area contributed by atoms with E-state index in [9.17, 15) is 14.4 Å². The van der Waals surface area contributed by atoms with Crippen LogP contribution in [0.15, 0.2) is 47.1 Å². The third kappa shape index (κ3) is 4.39. The van der Waals surface area contributed by atoms with E-state index < -0.39 is 24.5 Å². The number of nitrogens with one attached hydrogen (secondary N) is 2. The number of amides is 3. The van der Waals surface area contributed by atoms with Gasteiger partial charge in [0.1, 0.15) is 5.76 Å². The number of urea groups is 1. The number of allylic oxidation sites excluding steroid dienone is 1. The summed E-state index contributed by atoms with van der Waals surface area (Å²) in [6.07, 6.45) is 5.00. The fourth-order valence-corrected chi connectivity index (χ4v) is 3.94. The molecule has 1 unspecified atom stereocenters. The lowest BCUT2D eigenvalue weighted by atomic mass is 9.81. The van der Waals surface area contributed by atoms with Crippen LogP contribution in [0.3, 0.4) is 0 Å². The molecule has 2 aromatic heterocycles. The number of carbonyl (C=O) groups is 3. The van der Waals surface area contributed by atoms with Crippen molar-refractivity contribution in [2.24, 2.45) is 5.92 Å². The zero-order chi connectivity index (χ0) is 22.7. The molecule has 0 radical (unpaired) electrons. The molecule has 0 fully saturated rings. The molecule has 1 aliphatic carbocycles. The Hall–Kier alpha value is -3.94. The van der Waals surface area contributed by atoms with Gasteiger partial charge in [-0.1, -0.05) is 25.1 Å². The molecule has 0 aliphatic heterocycles. The van der Waals surface area contributed by atoms with Crippen LogP contribution in [0.4, 0.5) is 4.79 Å². The Kier molecular flexibility index (Phi) is 6.02. The largest absolute Gasteiger partial charge is 0.465 e. The highest BCUT2D eigenvalue weighted by molar-refractivity contribution is 6.07. The molecule has 3 aromatic rings. The Morgan fingerprint density at radius 1 is 1.19 bits per heavy atom. The molecule has 8 nitrogen and oxygen atoms in total. The van der Waals surface area contributed by atoms with Crippen LogP contribution in [0, 0.1) is 5.92 Å². The number of benzene rings is 1. The summed E-state index contributed by atoms with van der Waals surface area (Å²) in [6, 6.07) is 10.4. The third-order valence-electron chi connectivity index (χ3n) is 5.30. The number of hydrogen-bond acceptors (Lipinski definition) is 6. The van der Waals surface area contributed by atoms with Gasteiger partial charge < -0.3 is 14.5 Å². The number of carbonyl (C=O) groups excluding carboxylic acids is 3. The van der Waals surface area contributed by atoms with Crippen LogP contribution >= 0.6 is 0 Å². The molecule has 3 amide bonds. The van der Waals surface area contributed by atoms with E-state index in [1.807, 2.05) is 42.5 Å². The van der Waals surface area contributed by atoms with Crippen molar-refractivity contribution in [1.82, 2.24) is 15.6 Å². The Balaban J connectivity index is 1.75. The summed E-state index contributed by atoms with van der Waals surface area (Å²) in [5.74, 6) is -0.352. The van der Waals surface area contributed by atoms with Crippen LogP contribution in [0.5, 0.6) is 0 Å². The molecule has 1 aliphatic rings. The summed E-state index contributed by atoms with van der Waals surface area (Å²) in [5.41, 5.74) is 3.56. The monoisotopic (exact) mass is 433 g/mol. The van der Waals surface area contributed by atoms with E-state index in [-0.39, 0.29) is 5.92 Å². The van der Waals surface area contributed by atoms with Gasteiger partial charge in [-0.05, 0) is 54.2 Å². The number of aromatic nitrogens is 1. The first-order valence-corrected chi connectivity index (χ1v) is 10.3. The standard InChI is InChI=1S/C24H23N3O5/c1-14-10-15(12-16-6-5-9-31-16)22-18(11-14)21(17-7-3-4-8-19(17)26-22)23(29)32-13-20(28)27-24(30)25-2/h3-9,12,14H,10-11,13H2,1-2H3,(H2,25,27,28,30)/b15-12+.